The number of rotatable bonds is 5. The first-order valence-corrected chi connectivity index (χ1v) is 5.22. The van der Waals surface area contributed by atoms with Crippen LogP contribution in [-0.4, -0.2) is 38.9 Å². The van der Waals surface area contributed by atoms with Gasteiger partial charge in [0, 0.05) is 33.5 Å². The number of ketones is 1. The summed E-state index contributed by atoms with van der Waals surface area (Å²) < 4.78 is 15.1. The van der Waals surface area contributed by atoms with Crippen molar-refractivity contribution >= 4 is 11.8 Å². The molecule has 0 N–H and O–H groups in total. The Bertz CT molecular complexity index is 267. The van der Waals surface area contributed by atoms with Gasteiger partial charge in [0.1, 0.15) is 11.2 Å². The third kappa shape index (κ3) is 1.74. The molecule has 92 valence electrons. The molecule has 0 aliphatic heterocycles. The molecule has 16 heavy (non-hydrogen) atoms. The van der Waals surface area contributed by atoms with Crippen LogP contribution in [0.25, 0.3) is 0 Å². The summed E-state index contributed by atoms with van der Waals surface area (Å²) in [6, 6.07) is 0. The van der Waals surface area contributed by atoms with E-state index in [2.05, 4.69) is 0 Å². The minimum atomic E-state index is -1.07. The van der Waals surface area contributed by atoms with Crippen molar-refractivity contribution in [1.82, 2.24) is 0 Å². The second-order valence-electron chi connectivity index (χ2n) is 4.02. The molecule has 1 fully saturated rings. The number of esters is 1. The van der Waals surface area contributed by atoms with E-state index in [0.717, 1.165) is 0 Å². The molecular formula is C11H18O5. The smallest absolute Gasteiger partial charge is 0.319 e. The highest BCUT2D eigenvalue weighted by Gasteiger charge is 2.64. The summed E-state index contributed by atoms with van der Waals surface area (Å²) >= 11 is 0. The molecule has 0 radical (unpaired) electrons. The third-order valence-electron chi connectivity index (χ3n) is 3.32. The van der Waals surface area contributed by atoms with Gasteiger partial charge in [-0.15, -0.1) is 0 Å². The molecule has 0 atom stereocenters. The molecule has 0 amide bonds. The minimum Gasteiger partial charge on any atom is -0.468 e. The van der Waals surface area contributed by atoms with Gasteiger partial charge in [0.05, 0.1) is 7.11 Å². The standard InChI is InChI=1S/C11H18O5/c1-5-8(12)10(9(13)14-2)6-11(7-10,15-3)16-4/h5-7H2,1-4H3. The van der Waals surface area contributed by atoms with Crippen LogP contribution in [-0.2, 0) is 23.8 Å². The number of carbonyl (C=O) groups is 2. The van der Waals surface area contributed by atoms with Crippen molar-refractivity contribution in [2.75, 3.05) is 21.3 Å². The number of methoxy groups -OCH3 is 3. The molecule has 0 aromatic carbocycles. The largest absolute Gasteiger partial charge is 0.468 e. The quantitative estimate of drug-likeness (QED) is 0.399. The first kappa shape index (κ1) is 13.1. The molecule has 0 bridgehead atoms. The summed E-state index contributed by atoms with van der Waals surface area (Å²) in [6.07, 6.45) is 0.761. The van der Waals surface area contributed by atoms with Crippen LogP contribution in [0.15, 0.2) is 0 Å². The van der Waals surface area contributed by atoms with Crippen LogP contribution in [0, 0.1) is 5.41 Å². The Morgan fingerprint density at radius 3 is 1.94 bits per heavy atom. The van der Waals surface area contributed by atoms with Gasteiger partial charge < -0.3 is 14.2 Å². The van der Waals surface area contributed by atoms with Crippen molar-refractivity contribution in [1.29, 1.82) is 0 Å². The third-order valence-corrected chi connectivity index (χ3v) is 3.32. The second kappa shape index (κ2) is 4.51. The molecule has 5 heteroatoms. The fourth-order valence-corrected chi connectivity index (χ4v) is 2.23. The van der Waals surface area contributed by atoms with Gasteiger partial charge in [0.25, 0.3) is 0 Å². The number of ether oxygens (including phenoxy) is 3. The van der Waals surface area contributed by atoms with Crippen LogP contribution >= 0.6 is 0 Å². The van der Waals surface area contributed by atoms with Gasteiger partial charge in [-0.25, -0.2) is 0 Å². The van der Waals surface area contributed by atoms with Crippen molar-refractivity contribution in [3.63, 3.8) is 0 Å². The fraction of sp³-hybridized carbons (Fsp3) is 0.818. The van der Waals surface area contributed by atoms with Crippen molar-refractivity contribution in [2.24, 2.45) is 5.41 Å². The Labute approximate surface area is 95.0 Å². The molecule has 0 aromatic heterocycles. The predicted octanol–water partition coefficient (Wildman–Crippen LogP) is 0.908. The van der Waals surface area contributed by atoms with Crippen molar-refractivity contribution in [3.8, 4) is 0 Å². The van der Waals surface area contributed by atoms with E-state index in [1.54, 1.807) is 6.92 Å². The van der Waals surface area contributed by atoms with E-state index in [1.807, 2.05) is 0 Å². The Balaban J connectivity index is 2.89. The Morgan fingerprint density at radius 1 is 1.12 bits per heavy atom. The molecule has 0 unspecified atom stereocenters. The van der Waals surface area contributed by atoms with Gasteiger partial charge in [-0.05, 0) is 0 Å². The van der Waals surface area contributed by atoms with Gasteiger partial charge in [-0.3, -0.25) is 9.59 Å². The van der Waals surface area contributed by atoms with Gasteiger partial charge in [-0.2, -0.15) is 0 Å². The highest BCUT2D eigenvalue weighted by atomic mass is 16.7. The molecule has 1 saturated carbocycles. The molecule has 1 aliphatic rings. The Kier molecular flexibility index (Phi) is 3.70. The topological polar surface area (TPSA) is 61.8 Å². The lowest BCUT2D eigenvalue weighted by molar-refractivity contribution is -0.289. The Hall–Kier alpha value is -0.940. The zero-order valence-corrected chi connectivity index (χ0v) is 10.2. The van der Waals surface area contributed by atoms with E-state index in [-0.39, 0.29) is 18.6 Å². The minimum absolute atomic E-state index is 0.121. The number of Topliss-reactive ketones (excluding diaryl/α,β-unsaturated/α-hetero) is 1. The summed E-state index contributed by atoms with van der Waals surface area (Å²) in [5.74, 6) is -1.44. The van der Waals surface area contributed by atoms with E-state index >= 15 is 0 Å². The Morgan fingerprint density at radius 2 is 1.62 bits per heavy atom. The maximum Gasteiger partial charge on any atom is 0.319 e. The van der Waals surface area contributed by atoms with Crippen molar-refractivity contribution in [3.05, 3.63) is 0 Å². The average Bonchev–Trinajstić information content (AvgIpc) is 2.28. The summed E-state index contributed by atoms with van der Waals surface area (Å²) in [4.78, 5) is 23.5. The van der Waals surface area contributed by atoms with Gasteiger partial charge in [-0.1, -0.05) is 6.92 Å². The number of hydrogen-bond donors (Lipinski definition) is 0. The molecule has 1 aliphatic carbocycles. The first-order chi connectivity index (χ1) is 7.50. The fourth-order valence-electron chi connectivity index (χ4n) is 2.23. The second-order valence-corrected chi connectivity index (χ2v) is 4.02. The lowest BCUT2D eigenvalue weighted by Gasteiger charge is -2.50. The van der Waals surface area contributed by atoms with E-state index in [1.165, 1.54) is 21.3 Å². The normalized spacial score (nSPS) is 21.0. The van der Waals surface area contributed by atoms with E-state index in [0.29, 0.717) is 6.42 Å². The lowest BCUT2D eigenvalue weighted by atomic mass is 9.61. The maximum atomic E-state index is 11.8. The zero-order chi connectivity index (χ0) is 12.4. The van der Waals surface area contributed by atoms with E-state index in [9.17, 15) is 9.59 Å². The molecule has 0 spiro atoms. The predicted molar refractivity (Wildman–Crippen MR) is 55.7 cm³/mol. The van der Waals surface area contributed by atoms with E-state index in [4.69, 9.17) is 14.2 Å². The molecule has 0 heterocycles. The van der Waals surface area contributed by atoms with Crippen LogP contribution in [0.3, 0.4) is 0 Å². The van der Waals surface area contributed by atoms with Crippen molar-refractivity contribution in [2.45, 2.75) is 32.0 Å². The zero-order valence-electron chi connectivity index (χ0n) is 10.2. The van der Waals surface area contributed by atoms with Crippen LogP contribution < -0.4 is 0 Å². The van der Waals surface area contributed by atoms with Gasteiger partial charge >= 0.3 is 5.97 Å². The van der Waals surface area contributed by atoms with Crippen LogP contribution in [0.1, 0.15) is 26.2 Å². The SMILES string of the molecule is CCC(=O)C1(C(=O)OC)CC(OC)(OC)C1. The monoisotopic (exact) mass is 230 g/mol. The van der Waals surface area contributed by atoms with E-state index < -0.39 is 17.2 Å². The lowest BCUT2D eigenvalue weighted by Crippen LogP contribution is -2.61. The summed E-state index contributed by atoms with van der Waals surface area (Å²) in [5.41, 5.74) is -1.07. The van der Waals surface area contributed by atoms with Crippen LogP contribution in [0.2, 0.25) is 0 Å². The summed E-state index contributed by atoms with van der Waals surface area (Å²) in [7, 11) is 4.29. The molecule has 0 aromatic rings. The van der Waals surface area contributed by atoms with Crippen molar-refractivity contribution < 1.29 is 23.8 Å². The number of hydrogen-bond acceptors (Lipinski definition) is 5. The number of carbonyl (C=O) groups excluding carboxylic acids is 2. The summed E-state index contributed by atoms with van der Waals surface area (Å²) in [6.45, 7) is 1.73. The highest BCUT2D eigenvalue weighted by molar-refractivity contribution is 6.05. The van der Waals surface area contributed by atoms with Gasteiger partial charge in [0.2, 0.25) is 0 Å². The molecule has 0 saturated heterocycles. The maximum absolute atomic E-state index is 11.8. The first-order valence-electron chi connectivity index (χ1n) is 5.22. The highest BCUT2D eigenvalue weighted by Crippen LogP contribution is 2.52. The average molecular weight is 230 g/mol. The summed E-state index contributed by atoms with van der Waals surface area (Å²) in [5, 5.41) is 0. The molecule has 5 nitrogen and oxygen atoms in total. The molecule has 1 rings (SSSR count). The van der Waals surface area contributed by atoms with Crippen LogP contribution in [0.5, 0.6) is 0 Å². The van der Waals surface area contributed by atoms with Gasteiger partial charge in [0.15, 0.2) is 5.79 Å². The molecular weight excluding hydrogens is 212 g/mol. The van der Waals surface area contributed by atoms with Crippen LogP contribution in [0.4, 0.5) is 0 Å².